The first-order chi connectivity index (χ1) is 5.95. The van der Waals surface area contributed by atoms with Crippen molar-refractivity contribution >= 4 is 18.2 Å². The van der Waals surface area contributed by atoms with Crippen molar-refractivity contribution in [3.63, 3.8) is 0 Å². The van der Waals surface area contributed by atoms with Gasteiger partial charge >= 0.3 is 0 Å². The molecule has 12 heavy (non-hydrogen) atoms. The van der Waals surface area contributed by atoms with Crippen LogP contribution in [0.4, 0.5) is 0 Å². The van der Waals surface area contributed by atoms with Crippen molar-refractivity contribution in [2.24, 2.45) is 4.99 Å². The van der Waals surface area contributed by atoms with Gasteiger partial charge in [0.1, 0.15) is 0 Å². The van der Waals surface area contributed by atoms with Gasteiger partial charge in [0.2, 0.25) is 0 Å². The molecule has 2 aliphatic rings. The normalized spacial score (nSPS) is 15.3. The first-order valence-electron chi connectivity index (χ1n) is 4.01. The molecule has 0 radical (unpaired) electrons. The summed E-state index contributed by atoms with van der Waals surface area (Å²) in [6, 6.07) is 4.18. The highest BCUT2D eigenvalue weighted by Gasteiger charge is 2.06. The molecular weight excluding hydrogens is 146 g/mol. The fraction of sp³-hybridized carbons (Fsp3) is 0. The molecule has 0 atom stereocenters. The summed E-state index contributed by atoms with van der Waals surface area (Å²) >= 11 is 0. The molecular formula is C11H7N. The molecule has 0 saturated carbocycles. The number of fused-ring (bicyclic) bond motifs is 3. The van der Waals surface area contributed by atoms with Crippen LogP contribution in [0, 0.1) is 0 Å². The van der Waals surface area contributed by atoms with Gasteiger partial charge in [-0.1, -0.05) is 24.3 Å². The molecule has 0 N–H and O–H groups in total. The van der Waals surface area contributed by atoms with Crippen LogP contribution >= 0.6 is 0 Å². The summed E-state index contributed by atoms with van der Waals surface area (Å²) in [5, 5.41) is 2.39. The molecule has 0 spiro atoms. The summed E-state index contributed by atoms with van der Waals surface area (Å²) in [6.45, 7) is 0. The average molecular weight is 153 g/mol. The van der Waals surface area contributed by atoms with E-state index in [9.17, 15) is 0 Å². The van der Waals surface area contributed by atoms with Crippen LogP contribution in [0.5, 0.6) is 0 Å². The molecule has 1 aromatic carbocycles. The highest BCUT2D eigenvalue weighted by atomic mass is 14.7. The van der Waals surface area contributed by atoms with Crippen molar-refractivity contribution in [2.45, 2.75) is 0 Å². The number of hydrogen-bond acceptors (Lipinski definition) is 1. The molecule has 3 rings (SSSR count). The van der Waals surface area contributed by atoms with E-state index in [1.807, 2.05) is 6.20 Å². The predicted octanol–water partition coefficient (Wildman–Crippen LogP) is 1.10. The summed E-state index contributed by atoms with van der Waals surface area (Å²) in [4.78, 5) is 4.25. The zero-order valence-corrected chi connectivity index (χ0v) is 6.49. The second kappa shape index (κ2) is 1.95. The Labute approximate surface area is 70.1 Å². The Morgan fingerprint density at radius 1 is 1.00 bits per heavy atom. The molecule has 1 heteroatoms. The van der Waals surface area contributed by atoms with Crippen LogP contribution in [0.15, 0.2) is 29.4 Å². The Morgan fingerprint density at radius 2 is 2.00 bits per heavy atom. The van der Waals surface area contributed by atoms with E-state index in [2.05, 4.69) is 41.4 Å². The van der Waals surface area contributed by atoms with Crippen molar-refractivity contribution in [3.8, 4) is 0 Å². The Balaban J connectivity index is 2.57. The molecule has 0 amide bonds. The van der Waals surface area contributed by atoms with Gasteiger partial charge in [-0.2, -0.15) is 0 Å². The minimum atomic E-state index is 1.09. The number of benzene rings is 1. The summed E-state index contributed by atoms with van der Waals surface area (Å²) in [6.07, 6.45) is 10.3. The molecule has 0 unspecified atom stereocenters. The number of allylic oxidation sites excluding steroid dienone is 1. The fourth-order valence-corrected chi connectivity index (χ4v) is 1.70. The molecule has 0 bridgehead atoms. The van der Waals surface area contributed by atoms with E-state index in [-0.39, 0.29) is 0 Å². The molecule has 1 aromatic rings. The smallest absolute Gasteiger partial charge is 0.0708 e. The molecule has 1 heterocycles. The van der Waals surface area contributed by atoms with Gasteiger partial charge in [-0.3, -0.25) is 4.99 Å². The number of hydrogen-bond donors (Lipinski definition) is 0. The Bertz CT molecular complexity index is 470. The monoisotopic (exact) mass is 153 g/mol. The molecule has 1 aliphatic carbocycles. The van der Waals surface area contributed by atoms with Crippen molar-refractivity contribution in [1.29, 1.82) is 0 Å². The third kappa shape index (κ3) is 0.607. The van der Waals surface area contributed by atoms with Gasteiger partial charge in [-0.05, 0) is 22.9 Å². The van der Waals surface area contributed by atoms with Crippen molar-refractivity contribution in [2.75, 3.05) is 0 Å². The van der Waals surface area contributed by atoms with Crippen molar-refractivity contribution in [3.05, 3.63) is 46.1 Å². The van der Waals surface area contributed by atoms with Crippen molar-refractivity contribution in [1.82, 2.24) is 0 Å². The fourth-order valence-electron chi connectivity index (χ4n) is 1.70. The van der Waals surface area contributed by atoms with E-state index in [0.29, 0.717) is 0 Å². The second-order valence-corrected chi connectivity index (χ2v) is 2.97. The van der Waals surface area contributed by atoms with Gasteiger partial charge in [-0.25, -0.2) is 0 Å². The van der Waals surface area contributed by atoms with Gasteiger partial charge in [0.25, 0.3) is 0 Å². The third-order valence-electron chi connectivity index (χ3n) is 2.29. The second-order valence-electron chi connectivity index (χ2n) is 2.97. The summed E-state index contributed by atoms with van der Waals surface area (Å²) in [7, 11) is 0. The first kappa shape index (κ1) is 5.95. The predicted molar refractivity (Wildman–Crippen MR) is 49.8 cm³/mol. The van der Waals surface area contributed by atoms with E-state index in [4.69, 9.17) is 0 Å². The molecule has 0 saturated heterocycles. The van der Waals surface area contributed by atoms with E-state index in [1.54, 1.807) is 0 Å². The molecule has 1 nitrogen and oxygen atoms in total. The molecule has 0 aromatic heterocycles. The Kier molecular flexibility index (Phi) is 0.965. The van der Waals surface area contributed by atoms with Crippen LogP contribution in [0.1, 0.15) is 11.1 Å². The summed E-state index contributed by atoms with van der Waals surface area (Å²) < 4.78 is 0. The summed E-state index contributed by atoms with van der Waals surface area (Å²) in [5.41, 5.74) is 2.57. The highest BCUT2D eigenvalue weighted by molar-refractivity contribution is 5.74. The van der Waals surface area contributed by atoms with Gasteiger partial charge in [0, 0.05) is 11.8 Å². The van der Waals surface area contributed by atoms with Gasteiger partial charge in [-0.15, -0.1) is 0 Å². The molecule has 56 valence electrons. The van der Waals surface area contributed by atoms with Crippen LogP contribution in [-0.4, -0.2) is 0 Å². The van der Waals surface area contributed by atoms with Crippen LogP contribution in [0.25, 0.3) is 18.2 Å². The van der Waals surface area contributed by atoms with Crippen LogP contribution in [-0.2, 0) is 0 Å². The zero-order chi connectivity index (χ0) is 7.97. The highest BCUT2D eigenvalue weighted by Crippen LogP contribution is 2.10. The standard InChI is InChI=1S/C11H7N/c1-2-8-4-5-11-10(6-7-12-11)9(8)3-1/h1-7H. The maximum atomic E-state index is 4.25. The van der Waals surface area contributed by atoms with Gasteiger partial charge < -0.3 is 0 Å². The van der Waals surface area contributed by atoms with E-state index < -0.39 is 0 Å². The first-order valence-corrected chi connectivity index (χ1v) is 4.01. The van der Waals surface area contributed by atoms with Gasteiger partial charge in [0.05, 0.1) is 5.36 Å². The maximum Gasteiger partial charge on any atom is 0.0708 e. The van der Waals surface area contributed by atoms with Crippen LogP contribution in [0.2, 0.25) is 0 Å². The maximum absolute atomic E-state index is 4.25. The Hall–Kier alpha value is -1.63. The van der Waals surface area contributed by atoms with Crippen molar-refractivity contribution < 1.29 is 0 Å². The lowest BCUT2D eigenvalue weighted by Gasteiger charge is -1.95. The topological polar surface area (TPSA) is 12.4 Å². The van der Waals surface area contributed by atoms with Gasteiger partial charge in [0.15, 0.2) is 0 Å². The molecule has 1 aliphatic heterocycles. The lowest BCUT2D eigenvalue weighted by Crippen LogP contribution is -2.13. The Morgan fingerprint density at radius 3 is 3.00 bits per heavy atom. The van der Waals surface area contributed by atoms with Crippen LogP contribution in [0.3, 0.4) is 0 Å². The minimum absolute atomic E-state index is 1.09. The summed E-state index contributed by atoms with van der Waals surface area (Å²) in [5.74, 6) is 0. The third-order valence-corrected chi connectivity index (χ3v) is 2.29. The largest absolute Gasteiger partial charge is 0.256 e. The van der Waals surface area contributed by atoms with E-state index >= 15 is 0 Å². The minimum Gasteiger partial charge on any atom is -0.256 e. The van der Waals surface area contributed by atoms with E-state index in [0.717, 1.165) is 5.36 Å². The SMILES string of the molecule is C1=Cc2c3c(ccc2=C1)=NC=C3. The van der Waals surface area contributed by atoms with Crippen LogP contribution < -0.4 is 10.6 Å². The number of nitrogens with zero attached hydrogens (tertiary/aromatic N) is 1. The lowest BCUT2D eigenvalue weighted by molar-refractivity contribution is 1.36. The average Bonchev–Trinajstić information content (AvgIpc) is 2.71. The van der Waals surface area contributed by atoms with E-state index in [1.165, 1.54) is 16.3 Å². The zero-order valence-electron chi connectivity index (χ0n) is 6.49. The number of rotatable bonds is 0. The quantitative estimate of drug-likeness (QED) is 0.529. The molecule has 0 fully saturated rings. The lowest BCUT2D eigenvalue weighted by atomic mass is 10.1.